The number of anilines is 1. The predicted octanol–water partition coefficient (Wildman–Crippen LogP) is 5.50. The highest BCUT2D eigenvalue weighted by Gasteiger charge is 2.35. The van der Waals surface area contributed by atoms with E-state index in [9.17, 15) is 9.18 Å². The lowest BCUT2D eigenvalue weighted by molar-refractivity contribution is 0.193. The molecule has 168 valence electrons. The maximum Gasteiger partial charge on any atom is 0.322 e. The van der Waals surface area contributed by atoms with Gasteiger partial charge in [-0.15, -0.1) is 0 Å². The smallest absolute Gasteiger partial charge is 0.322 e. The number of ether oxygens (including phenoxy) is 2. The van der Waals surface area contributed by atoms with Gasteiger partial charge in [0.25, 0.3) is 0 Å². The second kappa shape index (κ2) is 8.50. The van der Waals surface area contributed by atoms with Crippen LogP contribution in [0.15, 0.2) is 66.7 Å². The lowest BCUT2D eigenvalue weighted by Crippen LogP contribution is -2.43. The van der Waals surface area contributed by atoms with Crippen LogP contribution in [0.1, 0.15) is 22.9 Å². The zero-order valence-corrected chi connectivity index (χ0v) is 18.4. The van der Waals surface area contributed by atoms with E-state index in [1.165, 1.54) is 17.7 Å². The third kappa shape index (κ3) is 3.75. The molecule has 7 heteroatoms. The minimum Gasteiger partial charge on any atom is -0.497 e. The normalized spacial score (nSPS) is 15.2. The van der Waals surface area contributed by atoms with E-state index < -0.39 is 6.04 Å². The van der Waals surface area contributed by atoms with E-state index in [4.69, 9.17) is 9.47 Å². The van der Waals surface area contributed by atoms with Crippen LogP contribution in [0.5, 0.6) is 11.5 Å². The van der Waals surface area contributed by atoms with Crippen molar-refractivity contribution in [1.82, 2.24) is 9.88 Å². The number of H-pyrrole nitrogens is 1. The molecule has 2 amide bonds. The van der Waals surface area contributed by atoms with E-state index in [-0.39, 0.29) is 11.8 Å². The first kappa shape index (κ1) is 20.9. The van der Waals surface area contributed by atoms with Crippen LogP contribution in [-0.2, 0) is 6.42 Å². The number of aromatic nitrogens is 1. The molecule has 1 atom stereocenters. The number of nitrogens with zero attached hydrogens (tertiary/aromatic N) is 1. The van der Waals surface area contributed by atoms with Crippen molar-refractivity contribution in [3.8, 4) is 11.5 Å². The highest BCUT2D eigenvalue weighted by atomic mass is 19.1. The molecule has 0 radical (unpaired) electrons. The fraction of sp³-hybridized carbons (Fsp3) is 0.192. The first-order valence-electron chi connectivity index (χ1n) is 10.7. The zero-order chi connectivity index (χ0) is 22.9. The Kier molecular flexibility index (Phi) is 5.38. The Balaban J connectivity index is 1.56. The number of halogens is 1. The molecule has 0 bridgehead atoms. The molecule has 0 saturated carbocycles. The molecule has 0 fully saturated rings. The summed E-state index contributed by atoms with van der Waals surface area (Å²) in [6, 6.07) is 19.0. The Labute approximate surface area is 190 Å². The maximum absolute atomic E-state index is 13.7. The lowest BCUT2D eigenvalue weighted by atomic mass is 9.92. The summed E-state index contributed by atoms with van der Waals surface area (Å²) in [7, 11) is 3.12. The predicted molar refractivity (Wildman–Crippen MR) is 126 cm³/mol. The Morgan fingerprint density at radius 3 is 2.61 bits per heavy atom. The molecule has 0 unspecified atom stereocenters. The SMILES string of the molecule is COc1ccc(OC)c(NC(=O)N2CCc3c([nH]c4ccccc34)[C@@H]2c2ccc(F)cc2)c1. The Morgan fingerprint density at radius 2 is 1.85 bits per heavy atom. The number of carbonyl (C=O) groups excluding carboxylic acids is 1. The molecule has 6 nitrogen and oxygen atoms in total. The monoisotopic (exact) mass is 445 g/mol. The van der Waals surface area contributed by atoms with Crippen molar-refractivity contribution >= 4 is 22.6 Å². The molecule has 3 aromatic carbocycles. The average molecular weight is 445 g/mol. The number of fused-ring (bicyclic) bond motifs is 3. The number of carbonyl (C=O) groups is 1. The maximum atomic E-state index is 13.7. The van der Waals surface area contributed by atoms with Gasteiger partial charge in [0.05, 0.1) is 25.9 Å². The minimum atomic E-state index is -0.390. The van der Waals surface area contributed by atoms with Gasteiger partial charge < -0.3 is 24.7 Å². The van der Waals surface area contributed by atoms with Crippen molar-refractivity contribution in [3.63, 3.8) is 0 Å². The second-order valence-electron chi connectivity index (χ2n) is 7.96. The van der Waals surface area contributed by atoms with Crippen LogP contribution in [0.4, 0.5) is 14.9 Å². The number of hydrogen-bond donors (Lipinski definition) is 2. The molecule has 5 rings (SSSR count). The van der Waals surface area contributed by atoms with Gasteiger partial charge in [-0.25, -0.2) is 9.18 Å². The summed E-state index contributed by atoms with van der Waals surface area (Å²) >= 11 is 0. The summed E-state index contributed by atoms with van der Waals surface area (Å²) < 4.78 is 24.4. The van der Waals surface area contributed by atoms with Gasteiger partial charge in [0.2, 0.25) is 0 Å². The van der Waals surface area contributed by atoms with Crippen LogP contribution >= 0.6 is 0 Å². The van der Waals surface area contributed by atoms with Crippen molar-refractivity contribution < 1.29 is 18.7 Å². The standard InChI is InChI=1S/C26H24FN3O3/c1-32-18-11-12-23(33-2)22(15-18)29-26(31)30-14-13-20-19-5-3-4-6-21(19)28-24(20)25(30)16-7-9-17(27)10-8-16/h3-12,15,25,28H,13-14H2,1-2H3,(H,29,31)/t25-/m0/s1. The number of rotatable bonds is 4. The third-order valence-electron chi connectivity index (χ3n) is 6.13. The number of nitrogens with one attached hydrogen (secondary N) is 2. The number of amides is 2. The van der Waals surface area contributed by atoms with Gasteiger partial charge in [-0.2, -0.15) is 0 Å². The molecule has 1 aliphatic heterocycles. The summed E-state index contributed by atoms with van der Waals surface area (Å²) in [5, 5.41) is 4.12. The molecule has 0 spiro atoms. The molecule has 1 aliphatic rings. The van der Waals surface area contributed by atoms with Gasteiger partial charge in [-0.3, -0.25) is 0 Å². The highest BCUT2D eigenvalue weighted by Crippen LogP contribution is 2.39. The topological polar surface area (TPSA) is 66.6 Å². The van der Waals surface area contributed by atoms with Crippen LogP contribution in [0.25, 0.3) is 10.9 Å². The quantitative estimate of drug-likeness (QED) is 0.436. The first-order valence-corrected chi connectivity index (χ1v) is 10.7. The molecule has 4 aromatic rings. The summed E-state index contributed by atoms with van der Waals surface area (Å²) in [5.74, 6) is 0.826. The van der Waals surface area contributed by atoms with Gasteiger partial charge in [-0.1, -0.05) is 30.3 Å². The van der Waals surface area contributed by atoms with Gasteiger partial charge in [-0.05, 0) is 47.9 Å². The molecule has 1 aromatic heterocycles. The fourth-order valence-corrected chi connectivity index (χ4v) is 4.55. The average Bonchev–Trinajstić information content (AvgIpc) is 3.22. The number of para-hydroxylation sites is 1. The van der Waals surface area contributed by atoms with E-state index in [1.54, 1.807) is 49.5 Å². The molecular formula is C26H24FN3O3. The minimum absolute atomic E-state index is 0.278. The van der Waals surface area contributed by atoms with Gasteiger partial charge in [0.1, 0.15) is 17.3 Å². The number of benzene rings is 3. The Bertz CT molecular complexity index is 1320. The first-order chi connectivity index (χ1) is 16.1. The molecule has 0 saturated heterocycles. The Hall–Kier alpha value is -4.00. The van der Waals surface area contributed by atoms with Crippen LogP contribution in [0, 0.1) is 5.82 Å². The van der Waals surface area contributed by atoms with E-state index >= 15 is 0 Å². The van der Waals surface area contributed by atoms with Crippen LogP contribution < -0.4 is 14.8 Å². The largest absolute Gasteiger partial charge is 0.497 e. The summed E-state index contributed by atoms with van der Waals surface area (Å²) in [6.07, 6.45) is 0.708. The van der Waals surface area contributed by atoms with Gasteiger partial charge in [0.15, 0.2) is 0 Å². The van der Waals surface area contributed by atoms with Gasteiger partial charge >= 0.3 is 6.03 Å². The van der Waals surface area contributed by atoms with E-state index in [0.29, 0.717) is 30.2 Å². The second-order valence-corrected chi connectivity index (χ2v) is 7.96. The fourth-order valence-electron chi connectivity index (χ4n) is 4.55. The molecule has 33 heavy (non-hydrogen) atoms. The van der Waals surface area contributed by atoms with Gasteiger partial charge in [0, 0.05) is 29.2 Å². The lowest BCUT2D eigenvalue weighted by Gasteiger charge is -2.36. The van der Waals surface area contributed by atoms with E-state index in [0.717, 1.165) is 22.2 Å². The third-order valence-corrected chi connectivity index (χ3v) is 6.13. The van der Waals surface area contributed by atoms with Crippen molar-refractivity contribution in [1.29, 1.82) is 0 Å². The number of urea groups is 1. The molecule has 2 heterocycles. The summed E-state index contributed by atoms with van der Waals surface area (Å²) in [5.41, 5.74) is 4.50. The number of methoxy groups -OCH3 is 2. The summed E-state index contributed by atoms with van der Waals surface area (Å²) in [6.45, 7) is 0.509. The van der Waals surface area contributed by atoms with Crippen molar-refractivity contribution in [2.75, 3.05) is 26.1 Å². The van der Waals surface area contributed by atoms with Crippen LogP contribution in [0.3, 0.4) is 0 Å². The van der Waals surface area contributed by atoms with Crippen molar-refractivity contribution in [2.45, 2.75) is 12.5 Å². The summed E-state index contributed by atoms with van der Waals surface area (Å²) in [4.78, 5) is 18.8. The molecule has 0 aliphatic carbocycles. The zero-order valence-electron chi connectivity index (χ0n) is 18.4. The van der Waals surface area contributed by atoms with Crippen LogP contribution in [-0.4, -0.2) is 36.7 Å². The number of aromatic amines is 1. The van der Waals surface area contributed by atoms with Crippen molar-refractivity contribution in [3.05, 3.63) is 89.4 Å². The van der Waals surface area contributed by atoms with Crippen molar-refractivity contribution in [2.24, 2.45) is 0 Å². The van der Waals surface area contributed by atoms with E-state index in [2.05, 4.69) is 16.4 Å². The molecule has 2 N–H and O–H groups in total. The molecular weight excluding hydrogens is 421 g/mol. The highest BCUT2D eigenvalue weighted by molar-refractivity contribution is 5.93. The number of hydrogen-bond acceptors (Lipinski definition) is 3. The van der Waals surface area contributed by atoms with E-state index in [1.807, 2.05) is 18.2 Å². The Morgan fingerprint density at radius 1 is 1.06 bits per heavy atom. The van der Waals surface area contributed by atoms with Crippen LogP contribution in [0.2, 0.25) is 0 Å².